The van der Waals surface area contributed by atoms with Gasteiger partial charge in [0.05, 0.1) is 0 Å². The Morgan fingerprint density at radius 3 is 2.87 bits per heavy atom. The zero-order valence-electron chi connectivity index (χ0n) is 8.28. The molecule has 0 radical (unpaired) electrons. The molecule has 0 spiro atoms. The molecule has 0 aliphatic heterocycles. The van der Waals surface area contributed by atoms with E-state index in [9.17, 15) is 9.59 Å². The van der Waals surface area contributed by atoms with Crippen molar-refractivity contribution in [1.82, 2.24) is 0 Å². The molecule has 0 saturated heterocycles. The van der Waals surface area contributed by atoms with Crippen molar-refractivity contribution in [2.75, 3.05) is 0 Å². The number of aldehydes is 1. The SMILES string of the molecule is Cc1ccc(C=O)cc1C#CCC(=O)O. The van der Waals surface area contributed by atoms with Crippen molar-refractivity contribution in [3.05, 3.63) is 34.9 Å². The fourth-order valence-electron chi connectivity index (χ4n) is 1.06. The summed E-state index contributed by atoms with van der Waals surface area (Å²) in [7, 11) is 0. The average molecular weight is 202 g/mol. The highest BCUT2D eigenvalue weighted by atomic mass is 16.4. The first-order valence-corrected chi connectivity index (χ1v) is 4.40. The minimum atomic E-state index is -0.952. The predicted octanol–water partition coefficient (Wildman–Crippen LogP) is 1.63. The van der Waals surface area contributed by atoms with Crippen molar-refractivity contribution in [3.8, 4) is 11.8 Å². The molecule has 1 rings (SSSR count). The van der Waals surface area contributed by atoms with Gasteiger partial charge in [0.15, 0.2) is 0 Å². The first-order chi connectivity index (χ1) is 7.13. The zero-order chi connectivity index (χ0) is 11.3. The lowest BCUT2D eigenvalue weighted by atomic mass is 10.1. The topological polar surface area (TPSA) is 54.4 Å². The molecule has 0 bridgehead atoms. The fraction of sp³-hybridized carbons (Fsp3) is 0.167. The van der Waals surface area contributed by atoms with Crippen LogP contribution in [0, 0.1) is 18.8 Å². The summed E-state index contributed by atoms with van der Waals surface area (Å²) in [6.07, 6.45) is 0.548. The predicted molar refractivity (Wildman–Crippen MR) is 55.7 cm³/mol. The summed E-state index contributed by atoms with van der Waals surface area (Å²) in [6, 6.07) is 5.14. The number of aryl methyl sites for hydroxylation is 1. The van der Waals surface area contributed by atoms with Crippen molar-refractivity contribution in [1.29, 1.82) is 0 Å². The Morgan fingerprint density at radius 2 is 2.27 bits per heavy atom. The number of carboxylic acids is 1. The van der Waals surface area contributed by atoms with Gasteiger partial charge < -0.3 is 5.11 Å². The molecular formula is C12H10O3. The molecule has 0 aliphatic carbocycles. The standard InChI is InChI=1S/C12H10O3/c1-9-5-6-10(8-13)7-11(9)3-2-4-12(14)15/h5-8H,4H2,1H3,(H,14,15). The number of hydrogen-bond donors (Lipinski definition) is 1. The molecule has 1 aromatic rings. The van der Waals surface area contributed by atoms with Gasteiger partial charge in [0.1, 0.15) is 12.7 Å². The molecule has 0 aromatic heterocycles. The van der Waals surface area contributed by atoms with Gasteiger partial charge in [0, 0.05) is 11.1 Å². The number of carboxylic acid groups (broad SMARTS) is 1. The van der Waals surface area contributed by atoms with Crippen LogP contribution in [0.5, 0.6) is 0 Å². The summed E-state index contributed by atoms with van der Waals surface area (Å²) in [5.74, 6) is 4.30. The second kappa shape index (κ2) is 4.97. The minimum Gasteiger partial charge on any atom is -0.481 e. The van der Waals surface area contributed by atoms with Crippen LogP contribution >= 0.6 is 0 Å². The highest BCUT2D eigenvalue weighted by Crippen LogP contribution is 2.08. The van der Waals surface area contributed by atoms with E-state index in [1.807, 2.05) is 6.92 Å². The Hall–Kier alpha value is -2.08. The number of aliphatic carboxylic acids is 1. The number of rotatable bonds is 2. The molecule has 0 amide bonds. The smallest absolute Gasteiger partial charge is 0.315 e. The quantitative estimate of drug-likeness (QED) is 0.585. The first-order valence-electron chi connectivity index (χ1n) is 4.40. The lowest BCUT2D eigenvalue weighted by Crippen LogP contribution is -1.91. The zero-order valence-corrected chi connectivity index (χ0v) is 8.28. The normalized spacial score (nSPS) is 8.87. The van der Waals surface area contributed by atoms with E-state index in [-0.39, 0.29) is 6.42 Å². The maximum absolute atomic E-state index is 10.5. The van der Waals surface area contributed by atoms with Gasteiger partial charge in [-0.05, 0) is 18.6 Å². The molecule has 1 N–H and O–H groups in total. The van der Waals surface area contributed by atoms with Gasteiger partial charge in [0.25, 0.3) is 0 Å². The number of benzene rings is 1. The number of carbonyl (C=O) groups is 2. The van der Waals surface area contributed by atoms with Gasteiger partial charge in [0.2, 0.25) is 0 Å². The first kappa shape index (κ1) is 11.0. The largest absolute Gasteiger partial charge is 0.481 e. The molecule has 0 atom stereocenters. The van der Waals surface area contributed by atoms with Crippen LogP contribution in [0.2, 0.25) is 0 Å². The summed E-state index contributed by atoms with van der Waals surface area (Å²) in [5.41, 5.74) is 2.17. The lowest BCUT2D eigenvalue weighted by Gasteiger charge is -1.97. The minimum absolute atomic E-state index is 0.190. The highest BCUT2D eigenvalue weighted by molar-refractivity contribution is 5.76. The summed E-state index contributed by atoms with van der Waals surface area (Å²) < 4.78 is 0. The summed E-state index contributed by atoms with van der Waals surface area (Å²) in [6.45, 7) is 1.86. The Bertz CT molecular complexity index is 450. The van der Waals surface area contributed by atoms with Gasteiger partial charge in [-0.25, -0.2) is 0 Å². The van der Waals surface area contributed by atoms with Crippen LogP contribution < -0.4 is 0 Å². The van der Waals surface area contributed by atoms with E-state index in [0.29, 0.717) is 11.1 Å². The van der Waals surface area contributed by atoms with Crippen molar-refractivity contribution in [2.24, 2.45) is 0 Å². The molecule has 3 heteroatoms. The summed E-state index contributed by atoms with van der Waals surface area (Å²) in [5, 5.41) is 8.40. The molecular weight excluding hydrogens is 192 g/mol. The van der Waals surface area contributed by atoms with Crippen LogP contribution in [0.15, 0.2) is 18.2 Å². The van der Waals surface area contributed by atoms with Crippen LogP contribution in [0.3, 0.4) is 0 Å². The van der Waals surface area contributed by atoms with Gasteiger partial charge in [-0.1, -0.05) is 24.0 Å². The monoisotopic (exact) mass is 202 g/mol. The molecule has 0 unspecified atom stereocenters. The van der Waals surface area contributed by atoms with E-state index in [1.165, 1.54) is 0 Å². The molecule has 15 heavy (non-hydrogen) atoms. The third-order valence-electron chi connectivity index (χ3n) is 1.86. The lowest BCUT2D eigenvalue weighted by molar-refractivity contribution is -0.135. The van der Waals surface area contributed by atoms with Gasteiger partial charge in [-0.15, -0.1) is 0 Å². The highest BCUT2D eigenvalue weighted by Gasteiger charge is 1.97. The molecule has 0 heterocycles. The average Bonchev–Trinajstić information content (AvgIpc) is 2.20. The van der Waals surface area contributed by atoms with Crippen LogP contribution in [-0.4, -0.2) is 17.4 Å². The maximum atomic E-state index is 10.5. The third kappa shape index (κ3) is 3.28. The van der Waals surface area contributed by atoms with E-state index < -0.39 is 5.97 Å². The molecule has 0 fully saturated rings. The molecule has 0 aliphatic rings. The van der Waals surface area contributed by atoms with Crippen LogP contribution in [0.25, 0.3) is 0 Å². The van der Waals surface area contributed by atoms with E-state index >= 15 is 0 Å². The summed E-state index contributed by atoms with van der Waals surface area (Å²) in [4.78, 5) is 20.7. The Kier molecular flexibility index (Phi) is 3.64. The molecule has 0 saturated carbocycles. The Labute approximate surface area is 87.7 Å². The van der Waals surface area contributed by atoms with Crippen molar-refractivity contribution < 1.29 is 14.7 Å². The van der Waals surface area contributed by atoms with Crippen LogP contribution in [0.4, 0.5) is 0 Å². The Balaban J connectivity index is 2.95. The van der Waals surface area contributed by atoms with Gasteiger partial charge in [-0.2, -0.15) is 0 Å². The van der Waals surface area contributed by atoms with Crippen molar-refractivity contribution in [3.63, 3.8) is 0 Å². The van der Waals surface area contributed by atoms with Gasteiger partial charge >= 0.3 is 5.97 Å². The van der Waals surface area contributed by atoms with Crippen LogP contribution in [-0.2, 0) is 4.79 Å². The van der Waals surface area contributed by atoms with E-state index in [2.05, 4.69) is 11.8 Å². The fourth-order valence-corrected chi connectivity index (χ4v) is 1.06. The van der Waals surface area contributed by atoms with Crippen molar-refractivity contribution in [2.45, 2.75) is 13.3 Å². The third-order valence-corrected chi connectivity index (χ3v) is 1.86. The summed E-state index contributed by atoms with van der Waals surface area (Å²) >= 11 is 0. The van der Waals surface area contributed by atoms with Crippen molar-refractivity contribution >= 4 is 12.3 Å². The number of hydrogen-bond acceptors (Lipinski definition) is 2. The molecule has 76 valence electrons. The van der Waals surface area contributed by atoms with Gasteiger partial charge in [-0.3, -0.25) is 9.59 Å². The maximum Gasteiger partial charge on any atom is 0.315 e. The van der Waals surface area contributed by atoms with E-state index in [4.69, 9.17) is 5.11 Å². The second-order valence-electron chi connectivity index (χ2n) is 3.06. The molecule has 1 aromatic carbocycles. The molecule has 3 nitrogen and oxygen atoms in total. The van der Waals surface area contributed by atoms with E-state index in [1.54, 1.807) is 18.2 Å². The Morgan fingerprint density at radius 1 is 1.53 bits per heavy atom. The van der Waals surface area contributed by atoms with Crippen LogP contribution in [0.1, 0.15) is 27.9 Å². The second-order valence-corrected chi connectivity index (χ2v) is 3.06. The van der Waals surface area contributed by atoms with E-state index in [0.717, 1.165) is 11.8 Å². The number of carbonyl (C=O) groups excluding carboxylic acids is 1.